The number of carbonyl (C=O) groups is 2. The Bertz CT molecular complexity index is 1730. The molecule has 2 aromatic rings. The quantitative estimate of drug-likeness (QED) is 0.153. The van der Waals surface area contributed by atoms with Crippen molar-refractivity contribution in [1.29, 1.82) is 0 Å². The lowest BCUT2D eigenvalue weighted by molar-refractivity contribution is -0.344. The molecule has 0 amide bonds. The molecule has 2 saturated heterocycles. The van der Waals surface area contributed by atoms with E-state index in [-0.39, 0.29) is 12.2 Å². The summed E-state index contributed by atoms with van der Waals surface area (Å²) in [6.07, 6.45) is -1.50. The van der Waals surface area contributed by atoms with Gasteiger partial charge in [-0.15, -0.1) is 5.10 Å². The minimum absolute atomic E-state index is 0.0113. The van der Waals surface area contributed by atoms with Crippen molar-refractivity contribution in [2.24, 2.45) is 11.8 Å². The molecule has 0 saturated carbocycles. The number of nitrogens with one attached hydrogen (secondary N) is 1. The number of ketones is 1. The van der Waals surface area contributed by atoms with Gasteiger partial charge >= 0.3 is 5.97 Å². The van der Waals surface area contributed by atoms with Crippen LogP contribution in [0.15, 0.2) is 54.8 Å². The number of hydrogen-bond donors (Lipinski definition) is 5. The summed E-state index contributed by atoms with van der Waals surface area (Å²) >= 11 is 1.33. The standard InChI is InChI=1S/C44H66N4O12S/c1-25-20-31(18-19-45-23-29-14-16-30(17-15-29)34-24-46-47-61-34)40(41(55-8)33(50)21-35(51)56-26(2)12-10-9-11-13-32(25)49)60-43-38(52)37(48(6)7)39(27(3)58-43)59-36-22-44(5,54)42(53)28(4)57-36/h9-11,13-17,24-28,31,33,36-43,45,50,52-54H,12,18-23H2,1-8H3/b10-9-,13-11-/t25-,26-,27-,28+,31+,33-,36+,37-,38-,39-,40+,41+,42+,43+,44-/m1/s1. The summed E-state index contributed by atoms with van der Waals surface area (Å²) in [7, 11) is 5.00. The van der Waals surface area contributed by atoms with Crippen LogP contribution < -0.4 is 5.32 Å². The normalized spacial score (nSPS) is 38.2. The second-order valence-electron chi connectivity index (χ2n) is 17.2. The lowest BCUT2D eigenvalue weighted by atomic mass is 9.82. The van der Waals surface area contributed by atoms with Crippen LogP contribution in [-0.4, -0.2) is 154 Å². The van der Waals surface area contributed by atoms with Gasteiger partial charge in [0.25, 0.3) is 0 Å². The zero-order valence-electron chi connectivity index (χ0n) is 36.5. The maximum absolute atomic E-state index is 13.5. The van der Waals surface area contributed by atoms with Crippen LogP contribution in [-0.2, 0) is 44.6 Å². The van der Waals surface area contributed by atoms with E-state index in [4.69, 9.17) is 28.4 Å². The maximum atomic E-state index is 13.5. The predicted molar refractivity (Wildman–Crippen MR) is 227 cm³/mol. The number of cyclic esters (lactones) is 1. The molecule has 4 heterocycles. The van der Waals surface area contributed by atoms with E-state index in [2.05, 4.69) is 14.9 Å². The summed E-state index contributed by atoms with van der Waals surface area (Å²) in [6, 6.07) is 7.40. The average Bonchev–Trinajstić information content (AvgIpc) is 3.74. The van der Waals surface area contributed by atoms with Crippen LogP contribution >= 0.6 is 11.5 Å². The number of methoxy groups -OCH3 is 1. The van der Waals surface area contributed by atoms with Crippen LogP contribution in [0.3, 0.4) is 0 Å². The van der Waals surface area contributed by atoms with Crippen molar-refractivity contribution in [3.8, 4) is 10.4 Å². The molecule has 3 aliphatic heterocycles. The van der Waals surface area contributed by atoms with Crippen LogP contribution in [0.5, 0.6) is 0 Å². The van der Waals surface area contributed by atoms with Crippen LogP contribution in [0.2, 0.25) is 0 Å². The fourth-order valence-corrected chi connectivity index (χ4v) is 8.99. The number of carbonyl (C=O) groups excluding carboxylic acids is 2. The van der Waals surface area contributed by atoms with Crippen LogP contribution in [0.4, 0.5) is 0 Å². The molecule has 0 spiro atoms. The molecule has 3 aliphatic rings. The van der Waals surface area contributed by atoms with Gasteiger partial charge in [-0.1, -0.05) is 53.9 Å². The zero-order chi connectivity index (χ0) is 44.4. The third-order valence-electron chi connectivity index (χ3n) is 11.9. The summed E-state index contributed by atoms with van der Waals surface area (Å²) in [4.78, 5) is 29.5. The first-order chi connectivity index (χ1) is 29.0. The van der Waals surface area contributed by atoms with Crippen molar-refractivity contribution in [3.63, 3.8) is 0 Å². The number of hydrogen-bond acceptors (Lipinski definition) is 17. The van der Waals surface area contributed by atoms with Crippen molar-refractivity contribution in [2.45, 2.75) is 152 Å². The van der Waals surface area contributed by atoms with Gasteiger partial charge in [-0.05, 0) is 95.8 Å². The van der Waals surface area contributed by atoms with Crippen molar-refractivity contribution >= 4 is 23.3 Å². The summed E-state index contributed by atoms with van der Waals surface area (Å²) < 4.78 is 41.1. The molecular formula is C44H66N4O12S. The van der Waals surface area contributed by atoms with Gasteiger partial charge in [-0.25, -0.2) is 0 Å². The third kappa shape index (κ3) is 13.2. The molecule has 5 rings (SSSR count). The van der Waals surface area contributed by atoms with Crippen molar-refractivity contribution < 1.29 is 58.4 Å². The van der Waals surface area contributed by atoms with Crippen molar-refractivity contribution in [3.05, 3.63) is 60.3 Å². The fourth-order valence-electron chi connectivity index (χ4n) is 8.47. The van der Waals surface area contributed by atoms with E-state index in [1.165, 1.54) is 31.6 Å². The number of benzene rings is 1. The molecule has 0 unspecified atom stereocenters. The van der Waals surface area contributed by atoms with Crippen molar-refractivity contribution in [1.82, 2.24) is 19.8 Å². The monoisotopic (exact) mass is 874 g/mol. The minimum atomic E-state index is -1.47. The van der Waals surface area contributed by atoms with E-state index in [0.29, 0.717) is 32.4 Å². The number of aliphatic hydroxyl groups excluding tert-OH is 3. The van der Waals surface area contributed by atoms with E-state index in [1.54, 1.807) is 58.1 Å². The van der Waals surface area contributed by atoms with Gasteiger partial charge in [0.15, 0.2) is 18.4 Å². The average molecular weight is 875 g/mol. The predicted octanol–water partition coefficient (Wildman–Crippen LogP) is 3.16. The van der Waals surface area contributed by atoms with Gasteiger partial charge in [-0.3, -0.25) is 9.59 Å². The highest BCUT2D eigenvalue weighted by atomic mass is 32.1. The summed E-state index contributed by atoms with van der Waals surface area (Å²) in [5.41, 5.74) is 0.610. The Kier molecular flexibility index (Phi) is 18.1. The Labute approximate surface area is 363 Å². The smallest absolute Gasteiger partial charge is 0.308 e. The van der Waals surface area contributed by atoms with Gasteiger partial charge in [0.2, 0.25) is 0 Å². The molecule has 1 aromatic heterocycles. The van der Waals surface area contributed by atoms with Gasteiger partial charge in [0.1, 0.15) is 30.5 Å². The Morgan fingerprint density at radius 1 is 0.984 bits per heavy atom. The van der Waals surface area contributed by atoms with Crippen LogP contribution in [0, 0.1) is 11.8 Å². The van der Waals surface area contributed by atoms with Gasteiger partial charge < -0.3 is 59.1 Å². The van der Waals surface area contributed by atoms with E-state index in [1.807, 2.05) is 37.3 Å². The molecular weight excluding hydrogens is 809 g/mol. The zero-order valence-corrected chi connectivity index (χ0v) is 37.4. The largest absolute Gasteiger partial charge is 0.462 e. The molecule has 1 aromatic carbocycles. The van der Waals surface area contributed by atoms with Crippen LogP contribution in [0.25, 0.3) is 10.4 Å². The number of aliphatic hydroxyl groups is 4. The summed E-state index contributed by atoms with van der Waals surface area (Å²) in [5.74, 6) is -1.66. The molecule has 16 nitrogen and oxygen atoms in total. The molecule has 61 heavy (non-hydrogen) atoms. The van der Waals surface area contributed by atoms with Gasteiger partial charge in [-0.2, -0.15) is 0 Å². The molecule has 0 bridgehead atoms. The molecule has 340 valence electrons. The summed E-state index contributed by atoms with van der Waals surface area (Å²) in [5, 5.41) is 52.7. The SMILES string of the molecule is CO[C@@H]1[C@@H](O[C@@H]2O[C@H](C)[C@@H](O[C@H]3C[C@@](C)(O)[C@@H](O)[C@H](C)O3)[C@H](N(C)C)[C@H]2O)[C@@H](CCNCc2ccc(-c3cnns3)cc2)C[C@@H](C)C(=O)/C=C\C=C/C[C@@H](C)OC(=O)C[C@H]1O. The third-order valence-corrected chi connectivity index (χ3v) is 12.6. The van der Waals surface area contributed by atoms with Crippen molar-refractivity contribution in [2.75, 3.05) is 27.7 Å². The molecule has 0 aliphatic carbocycles. The number of allylic oxidation sites excluding steroid dienone is 3. The highest BCUT2D eigenvalue weighted by Gasteiger charge is 2.51. The van der Waals surface area contributed by atoms with E-state index >= 15 is 0 Å². The molecule has 17 heteroatoms. The number of aromatic nitrogens is 2. The number of nitrogens with zero attached hydrogens (tertiary/aromatic N) is 3. The molecule has 15 atom stereocenters. The first-order valence-corrected chi connectivity index (χ1v) is 22.0. The first-order valence-electron chi connectivity index (χ1n) is 21.2. The Morgan fingerprint density at radius 2 is 1.72 bits per heavy atom. The highest BCUT2D eigenvalue weighted by molar-refractivity contribution is 7.09. The maximum Gasteiger partial charge on any atom is 0.308 e. The topological polar surface area (TPSA) is 211 Å². The number of ether oxygens (including phenoxy) is 6. The summed E-state index contributed by atoms with van der Waals surface area (Å²) in [6.45, 7) is 9.59. The van der Waals surface area contributed by atoms with E-state index in [0.717, 1.165) is 16.0 Å². The Hall–Kier alpha value is -3.04. The minimum Gasteiger partial charge on any atom is -0.462 e. The Morgan fingerprint density at radius 3 is 2.38 bits per heavy atom. The Balaban J connectivity index is 1.42. The number of esters is 1. The number of rotatable bonds is 12. The molecule has 0 radical (unpaired) electrons. The lowest BCUT2D eigenvalue weighted by Gasteiger charge is -2.50. The second kappa shape index (κ2) is 22.5. The highest BCUT2D eigenvalue weighted by Crippen LogP contribution is 2.36. The molecule has 2 fully saturated rings. The number of likely N-dealkylation sites (N-methyl/N-ethyl adjacent to an activating group) is 1. The van der Waals surface area contributed by atoms with Crippen LogP contribution in [0.1, 0.15) is 72.3 Å². The van der Waals surface area contributed by atoms with E-state index in [9.17, 15) is 30.0 Å². The van der Waals surface area contributed by atoms with E-state index < -0.39 is 103 Å². The molecule has 5 N–H and O–H groups in total. The second-order valence-corrected chi connectivity index (χ2v) is 18.0. The van der Waals surface area contributed by atoms with Gasteiger partial charge in [0, 0.05) is 32.4 Å². The first kappa shape index (κ1) is 49.0. The fraction of sp³-hybridized carbons (Fsp3) is 0.682. The lowest BCUT2D eigenvalue weighted by Crippen LogP contribution is -2.65. The van der Waals surface area contributed by atoms with Gasteiger partial charge in [0.05, 0.1) is 53.6 Å².